The third kappa shape index (κ3) is 5.42. The molecule has 0 saturated heterocycles. The van der Waals surface area contributed by atoms with Crippen LogP contribution in [0.1, 0.15) is 43.1 Å². The lowest BCUT2D eigenvalue weighted by Gasteiger charge is -2.30. The Balaban J connectivity index is 1.79. The largest absolute Gasteiger partial charge is 0.354 e. The van der Waals surface area contributed by atoms with Crippen molar-refractivity contribution in [2.45, 2.75) is 44.7 Å². The van der Waals surface area contributed by atoms with E-state index in [2.05, 4.69) is 5.32 Å². The predicted molar refractivity (Wildman–Crippen MR) is 129 cm³/mol. The third-order valence-electron chi connectivity index (χ3n) is 5.59. The molecule has 3 amide bonds. The smallest absolute Gasteiger partial charge is 0.269 e. The Morgan fingerprint density at radius 1 is 1.06 bits per heavy atom. The number of amides is 3. The van der Waals surface area contributed by atoms with E-state index in [1.165, 1.54) is 17.0 Å². The van der Waals surface area contributed by atoms with E-state index in [9.17, 15) is 22.8 Å². The van der Waals surface area contributed by atoms with E-state index in [1.807, 2.05) is 13.8 Å². The Labute approximate surface area is 204 Å². The second kappa shape index (κ2) is 10.6. The number of benzene rings is 2. The molecule has 2 aromatic carbocycles. The minimum atomic E-state index is -4.02. The summed E-state index contributed by atoms with van der Waals surface area (Å²) in [7, 11) is -4.02. The summed E-state index contributed by atoms with van der Waals surface area (Å²) in [6, 6.07) is 12.1. The highest BCUT2D eigenvalue weighted by atomic mass is 35.5. The van der Waals surface area contributed by atoms with Gasteiger partial charge in [-0.05, 0) is 36.6 Å². The van der Waals surface area contributed by atoms with Crippen LogP contribution in [0.4, 0.5) is 0 Å². The monoisotopic (exact) mass is 505 g/mol. The number of carbonyl (C=O) groups excluding carboxylic acids is 3. The van der Waals surface area contributed by atoms with Crippen LogP contribution in [-0.4, -0.2) is 54.5 Å². The summed E-state index contributed by atoms with van der Waals surface area (Å²) in [6.45, 7) is 5.73. The van der Waals surface area contributed by atoms with Crippen molar-refractivity contribution < 1.29 is 22.8 Å². The summed E-state index contributed by atoms with van der Waals surface area (Å²) < 4.78 is 26.3. The molecule has 2 aromatic rings. The summed E-state index contributed by atoms with van der Waals surface area (Å²) >= 11 is 6.28. The lowest BCUT2D eigenvalue weighted by molar-refractivity contribution is -0.140. The van der Waals surface area contributed by atoms with Gasteiger partial charge in [-0.3, -0.25) is 14.4 Å². The molecule has 3 rings (SSSR count). The average molecular weight is 506 g/mol. The molecule has 1 aliphatic rings. The average Bonchev–Trinajstić information content (AvgIpc) is 3.00. The number of sulfonamides is 1. The predicted octanol–water partition coefficient (Wildman–Crippen LogP) is 3.06. The second-order valence-electron chi connectivity index (χ2n) is 8.56. The third-order valence-corrected chi connectivity index (χ3v) is 7.80. The van der Waals surface area contributed by atoms with Gasteiger partial charge in [-0.1, -0.05) is 55.8 Å². The van der Waals surface area contributed by atoms with Crippen LogP contribution in [0.25, 0.3) is 0 Å². The lowest BCUT2D eigenvalue weighted by atomic mass is 10.1. The number of hydrogen-bond donors (Lipinski definition) is 1. The van der Waals surface area contributed by atoms with E-state index >= 15 is 0 Å². The van der Waals surface area contributed by atoms with Crippen molar-refractivity contribution in [3.63, 3.8) is 0 Å². The second-order valence-corrected chi connectivity index (χ2v) is 10.8. The fourth-order valence-electron chi connectivity index (χ4n) is 3.64. The highest BCUT2D eigenvalue weighted by Gasteiger charge is 2.41. The summed E-state index contributed by atoms with van der Waals surface area (Å²) in [6.07, 6.45) is -0.273. The van der Waals surface area contributed by atoms with Crippen molar-refractivity contribution in [1.82, 2.24) is 14.5 Å². The van der Waals surface area contributed by atoms with E-state index in [0.29, 0.717) is 21.4 Å². The fraction of sp³-hybridized carbons (Fsp3) is 0.375. The van der Waals surface area contributed by atoms with E-state index in [-0.39, 0.29) is 41.8 Å². The van der Waals surface area contributed by atoms with Crippen molar-refractivity contribution in [3.05, 3.63) is 64.7 Å². The molecule has 34 heavy (non-hydrogen) atoms. The molecule has 1 aliphatic heterocycles. The van der Waals surface area contributed by atoms with Gasteiger partial charge in [0.05, 0.1) is 5.56 Å². The van der Waals surface area contributed by atoms with Gasteiger partial charge in [0.25, 0.3) is 15.9 Å². The van der Waals surface area contributed by atoms with Gasteiger partial charge in [0, 0.05) is 31.1 Å². The van der Waals surface area contributed by atoms with E-state index in [4.69, 9.17) is 11.6 Å². The highest BCUT2D eigenvalue weighted by Crippen LogP contribution is 2.30. The molecule has 10 heteroatoms. The highest BCUT2D eigenvalue weighted by molar-refractivity contribution is 7.90. The molecular formula is C24H28ClN3O5S. The molecule has 1 unspecified atom stereocenters. The van der Waals surface area contributed by atoms with Gasteiger partial charge in [-0.25, -0.2) is 12.7 Å². The molecule has 1 heterocycles. The summed E-state index contributed by atoms with van der Waals surface area (Å²) in [4.78, 5) is 39.9. The zero-order valence-corrected chi connectivity index (χ0v) is 20.9. The molecule has 0 fully saturated rings. The van der Waals surface area contributed by atoms with Crippen LogP contribution in [0.5, 0.6) is 0 Å². The maximum absolute atomic E-state index is 13.3. The van der Waals surface area contributed by atoms with E-state index in [0.717, 1.165) is 0 Å². The number of carbonyl (C=O) groups is 3. The number of nitrogens with one attached hydrogen (secondary N) is 1. The summed E-state index contributed by atoms with van der Waals surface area (Å²) in [5.74, 6) is -1.22. The maximum Gasteiger partial charge on any atom is 0.269 e. The van der Waals surface area contributed by atoms with Crippen molar-refractivity contribution >= 4 is 39.3 Å². The van der Waals surface area contributed by atoms with Crippen molar-refractivity contribution in [1.29, 1.82) is 0 Å². The molecule has 8 nitrogen and oxygen atoms in total. The number of rotatable bonds is 9. The van der Waals surface area contributed by atoms with Crippen LogP contribution in [-0.2, 0) is 26.2 Å². The van der Waals surface area contributed by atoms with Crippen LogP contribution in [0.2, 0.25) is 5.02 Å². The molecule has 0 aromatic heterocycles. The zero-order valence-electron chi connectivity index (χ0n) is 19.3. The van der Waals surface area contributed by atoms with Crippen LogP contribution in [0, 0.1) is 5.92 Å². The normalized spacial score (nSPS) is 15.2. The van der Waals surface area contributed by atoms with Crippen molar-refractivity contribution in [3.8, 4) is 0 Å². The Morgan fingerprint density at radius 2 is 1.71 bits per heavy atom. The van der Waals surface area contributed by atoms with Crippen LogP contribution < -0.4 is 5.32 Å². The first kappa shape index (κ1) is 25.7. The lowest BCUT2D eigenvalue weighted by Crippen LogP contribution is -2.49. The molecule has 0 saturated carbocycles. The van der Waals surface area contributed by atoms with Crippen molar-refractivity contribution in [2.75, 3.05) is 13.1 Å². The number of fused-ring (bicyclic) bond motifs is 1. The van der Waals surface area contributed by atoms with Gasteiger partial charge in [-0.2, -0.15) is 0 Å². The zero-order chi connectivity index (χ0) is 25.0. The number of hydrogen-bond acceptors (Lipinski definition) is 5. The first-order chi connectivity index (χ1) is 16.0. The van der Waals surface area contributed by atoms with Gasteiger partial charge in [0.15, 0.2) is 0 Å². The van der Waals surface area contributed by atoms with Crippen LogP contribution in [0.15, 0.2) is 53.4 Å². The first-order valence-corrected chi connectivity index (χ1v) is 12.8. The fourth-order valence-corrected chi connectivity index (χ4v) is 5.40. The maximum atomic E-state index is 13.3. The number of nitrogens with zero attached hydrogens (tertiary/aromatic N) is 2. The van der Waals surface area contributed by atoms with Crippen molar-refractivity contribution in [2.24, 2.45) is 5.92 Å². The van der Waals surface area contributed by atoms with Gasteiger partial charge >= 0.3 is 0 Å². The quantitative estimate of drug-likeness (QED) is 0.564. The molecule has 0 aliphatic carbocycles. The Bertz CT molecular complexity index is 1200. The topological polar surface area (TPSA) is 104 Å². The van der Waals surface area contributed by atoms with Gasteiger partial charge in [0.1, 0.15) is 10.9 Å². The Morgan fingerprint density at radius 3 is 2.35 bits per heavy atom. The molecule has 1 N–H and O–H groups in total. The Kier molecular flexibility index (Phi) is 7.99. The summed E-state index contributed by atoms with van der Waals surface area (Å²) in [5.41, 5.74) is 0.739. The molecule has 0 radical (unpaired) electrons. The van der Waals surface area contributed by atoms with Gasteiger partial charge in [-0.15, -0.1) is 0 Å². The minimum Gasteiger partial charge on any atom is -0.354 e. The van der Waals surface area contributed by atoms with Gasteiger partial charge < -0.3 is 10.2 Å². The van der Waals surface area contributed by atoms with E-state index in [1.54, 1.807) is 43.3 Å². The standard InChI is InChI=1S/C24H28ClN3O5S/c1-16(2)14-26-23(30)17(3)27(15-18-8-4-6-10-20(18)25)22(29)12-13-28-24(31)19-9-5-7-11-21(19)34(28,32)33/h4-11,16-17H,12-15H2,1-3H3,(H,26,30). The molecule has 0 bridgehead atoms. The van der Waals surface area contributed by atoms with Gasteiger partial charge in [0.2, 0.25) is 11.8 Å². The first-order valence-electron chi connectivity index (χ1n) is 11.0. The molecular weight excluding hydrogens is 478 g/mol. The minimum absolute atomic E-state index is 0.0652. The van der Waals surface area contributed by atoms with E-state index < -0.39 is 27.9 Å². The molecule has 1 atom stereocenters. The molecule has 0 spiro atoms. The Hall–Kier alpha value is -2.91. The van der Waals surface area contributed by atoms with Crippen LogP contribution >= 0.6 is 11.6 Å². The SMILES string of the molecule is CC(C)CNC(=O)C(C)N(Cc1ccccc1Cl)C(=O)CCN1C(=O)c2ccccc2S1(=O)=O. The molecule has 182 valence electrons. The number of halogens is 1. The van der Waals surface area contributed by atoms with Crippen LogP contribution in [0.3, 0.4) is 0 Å². The summed E-state index contributed by atoms with van der Waals surface area (Å²) in [5, 5.41) is 3.27.